The van der Waals surface area contributed by atoms with E-state index in [4.69, 9.17) is 0 Å². The molecule has 6 nitrogen and oxygen atoms in total. The van der Waals surface area contributed by atoms with Gasteiger partial charge >= 0.3 is 6.03 Å². The van der Waals surface area contributed by atoms with Gasteiger partial charge in [0.2, 0.25) is 5.91 Å². The van der Waals surface area contributed by atoms with E-state index in [1.807, 2.05) is 78.6 Å². The SMILES string of the molecule is Cc1ccccc1CN(Cc1cccnc1)C(=O)CCNC(=O)N(C)Cc1ccccc1. The van der Waals surface area contributed by atoms with E-state index in [0.717, 1.165) is 22.3 Å². The zero-order valence-electron chi connectivity index (χ0n) is 18.7. The van der Waals surface area contributed by atoms with Gasteiger partial charge in [0, 0.05) is 52.0 Å². The third kappa shape index (κ3) is 6.94. The molecule has 3 rings (SSSR count). The standard InChI is InChI=1S/C26H30N4O2/c1-21-9-6-7-13-24(21)20-30(19-23-12-8-15-27-17-23)25(31)14-16-28-26(32)29(2)18-22-10-4-3-5-11-22/h3-13,15,17H,14,16,18-20H2,1-2H3,(H,28,32). The van der Waals surface area contributed by atoms with Gasteiger partial charge in [0.1, 0.15) is 0 Å². The molecule has 6 heteroatoms. The molecule has 0 aliphatic rings. The average molecular weight is 431 g/mol. The molecule has 0 spiro atoms. The van der Waals surface area contributed by atoms with Gasteiger partial charge in [-0.25, -0.2) is 4.79 Å². The second-order valence-electron chi connectivity index (χ2n) is 7.86. The van der Waals surface area contributed by atoms with Crippen LogP contribution in [0.4, 0.5) is 4.79 Å². The van der Waals surface area contributed by atoms with E-state index in [1.54, 1.807) is 24.3 Å². The molecular formula is C26H30N4O2. The lowest BCUT2D eigenvalue weighted by Gasteiger charge is -2.24. The van der Waals surface area contributed by atoms with E-state index in [1.165, 1.54) is 0 Å². The largest absolute Gasteiger partial charge is 0.337 e. The minimum atomic E-state index is -0.195. The lowest BCUT2D eigenvalue weighted by atomic mass is 10.1. The number of nitrogens with zero attached hydrogens (tertiary/aromatic N) is 3. The first-order valence-electron chi connectivity index (χ1n) is 10.8. The molecule has 1 aromatic heterocycles. The maximum absolute atomic E-state index is 13.0. The molecule has 0 atom stereocenters. The van der Waals surface area contributed by atoms with Crippen LogP contribution < -0.4 is 5.32 Å². The fraction of sp³-hybridized carbons (Fsp3) is 0.269. The summed E-state index contributed by atoms with van der Waals surface area (Å²) in [6.45, 7) is 3.84. The summed E-state index contributed by atoms with van der Waals surface area (Å²) in [4.78, 5) is 33.0. The minimum Gasteiger partial charge on any atom is -0.337 e. The fourth-order valence-electron chi connectivity index (χ4n) is 3.44. The van der Waals surface area contributed by atoms with Crippen molar-refractivity contribution in [2.45, 2.75) is 33.0 Å². The highest BCUT2D eigenvalue weighted by molar-refractivity contribution is 5.78. The molecule has 0 fully saturated rings. The van der Waals surface area contributed by atoms with E-state index in [2.05, 4.69) is 10.3 Å². The quantitative estimate of drug-likeness (QED) is 0.555. The molecule has 0 aliphatic heterocycles. The number of hydrogen-bond donors (Lipinski definition) is 1. The summed E-state index contributed by atoms with van der Waals surface area (Å²) in [5.74, 6) is -0.0110. The monoisotopic (exact) mass is 430 g/mol. The van der Waals surface area contributed by atoms with Crippen molar-refractivity contribution >= 4 is 11.9 Å². The average Bonchev–Trinajstić information content (AvgIpc) is 2.81. The molecule has 0 saturated carbocycles. The number of pyridine rings is 1. The third-order valence-corrected chi connectivity index (χ3v) is 5.30. The Morgan fingerprint density at radius 1 is 0.875 bits per heavy atom. The zero-order chi connectivity index (χ0) is 22.8. The zero-order valence-corrected chi connectivity index (χ0v) is 18.7. The van der Waals surface area contributed by atoms with Crippen molar-refractivity contribution in [3.63, 3.8) is 0 Å². The van der Waals surface area contributed by atoms with Gasteiger partial charge in [-0.15, -0.1) is 0 Å². The Morgan fingerprint density at radius 2 is 1.59 bits per heavy atom. The molecule has 32 heavy (non-hydrogen) atoms. The molecule has 3 amide bonds. The highest BCUT2D eigenvalue weighted by Crippen LogP contribution is 2.14. The molecule has 0 aliphatic carbocycles. The van der Waals surface area contributed by atoms with E-state index in [0.29, 0.717) is 19.6 Å². The van der Waals surface area contributed by atoms with Crippen LogP contribution in [0.3, 0.4) is 0 Å². The Morgan fingerprint density at radius 3 is 2.31 bits per heavy atom. The van der Waals surface area contributed by atoms with Crippen molar-refractivity contribution < 1.29 is 9.59 Å². The number of hydrogen-bond acceptors (Lipinski definition) is 3. The molecule has 0 saturated heterocycles. The number of carbonyl (C=O) groups excluding carboxylic acids is 2. The Hall–Kier alpha value is -3.67. The Bertz CT molecular complexity index is 1010. The molecular weight excluding hydrogens is 400 g/mol. The molecule has 166 valence electrons. The van der Waals surface area contributed by atoms with Gasteiger partial charge in [-0.2, -0.15) is 0 Å². The second-order valence-corrected chi connectivity index (χ2v) is 7.86. The van der Waals surface area contributed by atoms with Crippen LogP contribution in [-0.2, 0) is 24.4 Å². The number of aromatic nitrogens is 1. The number of aryl methyl sites for hydroxylation is 1. The third-order valence-electron chi connectivity index (χ3n) is 5.30. The van der Waals surface area contributed by atoms with Gasteiger partial charge in [-0.3, -0.25) is 9.78 Å². The lowest BCUT2D eigenvalue weighted by molar-refractivity contribution is -0.132. The molecule has 1 N–H and O–H groups in total. The molecule has 0 bridgehead atoms. The maximum Gasteiger partial charge on any atom is 0.317 e. The van der Waals surface area contributed by atoms with Crippen molar-refractivity contribution in [1.29, 1.82) is 0 Å². The Labute approximate surface area is 189 Å². The smallest absolute Gasteiger partial charge is 0.317 e. The first-order chi connectivity index (χ1) is 15.5. The predicted octanol–water partition coefficient (Wildman–Crippen LogP) is 4.15. The maximum atomic E-state index is 13.0. The Balaban J connectivity index is 1.56. The van der Waals surface area contributed by atoms with E-state index >= 15 is 0 Å². The summed E-state index contributed by atoms with van der Waals surface area (Å²) in [5, 5.41) is 2.85. The summed E-state index contributed by atoms with van der Waals surface area (Å²) in [7, 11) is 1.75. The van der Waals surface area contributed by atoms with Gasteiger partial charge in [0.05, 0.1) is 0 Å². The molecule has 0 radical (unpaired) electrons. The number of benzene rings is 2. The van der Waals surface area contributed by atoms with E-state index in [9.17, 15) is 9.59 Å². The first kappa shape index (κ1) is 23.0. The number of amides is 3. The van der Waals surface area contributed by atoms with Crippen LogP contribution in [0.5, 0.6) is 0 Å². The van der Waals surface area contributed by atoms with Crippen molar-refractivity contribution in [1.82, 2.24) is 20.1 Å². The Kier molecular flexibility index (Phi) is 8.37. The normalized spacial score (nSPS) is 10.4. The van der Waals surface area contributed by atoms with Crippen LogP contribution in [0.1, 0.15) is 28.7 Å². The summed E-state index contributed by atoms with van der Waals surface area (Å²) in [6.07, 6.45) is 3.73. The highest BCUT2D eigenvalue weighted by atomic mass is 16.2. The number of carbonyl (C=O) groups is 2. The predicted molar refractivity (Wildman–Crippen MR) is 126 cm³/mol. The number of urea groups is 1. The summed E-state index contributed by atoms with van der Waals surface area (Å²) in [5.41, 5.74) is 4.28. The van der Waals surface area contributed by atoms with E-state index < -0.39 is 0 Å². The summed E-state index contributed by atoms with van der Waals surface area (Å²) < 4.78 is 0. The molecule has 0 unspecified atom stereocenters. The van der Waals surface area contributed by atoms with Crippen molar-refractivity contribution in [2.75, 3.05) is 13.6 Å². The van der Waals surface area contributed by atoms with Gasteiger partial charge in [0.15, 0.2) is 0 Å². The van der Waals surface area contributed by atoms with Crippen molar-refractivity contribution in [3.05, 3.63) is 101 Å². The van der Waals surface area contributed by atoms with Gasteiger partial charge in [0.25, 0.3) is 0 Å². The van der Waals surface area contributed by atoms with Gasteiger partial charge < -0.3 is 15.1 Å². The van der Waals surface area contributed by atoms with Gasteiger partial charge in [-0.1, -0.05) is 60.7 Å². The van der Waals surface area contributed by atoms with Crippen LogP contribution >= 0.6 is 0 Å². The van der Waals surface area contributed by atoms with Crippen LogP contribution in [0.15, 0.2) is 79.1 Å². The summed E-state index contributed by atoms with van der Waals surface area (Å²) >= 11 is 0. The van der Waals surface area contributed by atoms with Crippen molar-refractivity contribution in [2.24, 2.45) is 0 Å². The van der Waals surface area contributed by atoms with E-state index in [-0.39, 0.29) is 24.9 Å². The van der Waals surface area contributed by atoms with Gasteiger partial charge in [-0.05, 0) is 35.2 Å². The number of nitrogens with one attached hydrogen (secondary N) is 1. The fourth-order valence-corrected chi connectivity index (χ4v) is 3.44. The molecule has 2 aromatic carbocycles. The molecule has 1 heterocycles. The van der Waals surface area contributed by atoms with Crippen LogP contribution in [0, 0.1) is 6.92 Å². The second kappa shape index (κ2) is 11.6. The van der Waals surface area contributed by atoms with Crippen LogP contribution in [0.25, 0.3) is 0 Å². The minimum absolute atomic E-state index is 0.0110. The topological polar surface area (TPSA) is 65.5 Å². The summed E-state index contributed by atoms with van der Waals surface area (Å²) in [6, 6.07) is 21.5. The lowest BCUT2D eigenvalue weighted by Crippen LogP contribution is -2.39. The number of rotatable bonds is 9. The first-order valence-corrected chi connectivity index (χ1v) is 10.8. The van der Waals surface area contributed by atoms with Crippen LogP contribution in [0.2, 0.25) is 0 Å². The highest BCUT2D eigenvalue weighted by Gasteiger charge is 2.17. The van der Waals surface area contributed by atoms with Crippen molar-refractivity contribution in [3.8, 4) is 0 Å². The van der Waals surface area contributed by atoms with Crippen LogP contribution in [-0.4, -0.2) is 40.3 Å². The molecule has 3 aromatic rings.